The van der Waals surface area contributed by atoms with E-state index in [2.05, 4.69) is 10.1 Å². The minimum atomic E-state index is -0.498. The molecular formula is C10H17NO4. The molecule has 0 aliphatic carbocycles. The molecule has 1 saturated heterocycles. The zero-order valence-electron chi connectivity index (χ0n) is 9.17. The fourth-order valence-electron chi connectivity index (χ4n) is 1.73. The molecule has 0 aromatic carbocycles. The van der Waals surface area contributed by atoms with Crippen LogP contribution in [-0.2, 0) is 14.3 Å². The standard InChI is InChI=1S/C10H17NO4/c1-8(12)10(3-5-15-6-4-10)7-11-9(13)14-2/h3-7H2,1-2H3,(H,11,13). The number of amides is 1. The van der Waals surface area contributed by atoms with Gasteiger partial charge in [-0.1, -0.05) is 0 Å². The molecule has 0 radical (unpaired) electrons. The summed E-state index contributed by atoms with van der Waals surface area (Å²) in [6, 6.07) is 0. The quantitative estimate of drug-likeness (QED) is 0.753. The van der Waals surface area contributed by atoms with Crippen LogP contribution in [0.4, 0.5) is 4.79 Å². The number of nitrogens with one attached hydrogen (secondary N) is 1. The van der Waals surface area contributed by atoms with Crippen LogP contribution in [0.25, 0.3) is 0 Å². The molecule has 0 aromatic rings. The summed E-state index contributed by atoms with van der Waals surface area (Å²) in [6.07, 6.45) is 0.820. The Morgan fingerprint density at radius 3 is 2.47 bits per heavy atom. The predicted octanol–water partition coefficient (Wildman–Crippen LogP) is 0.728. The van der Waals surface area contributed by atoms with Crippen LogP contribution in [0.3, 0.4) is 0 Å². The Balaban J connectivity index is 2.57. The van der Waals surface area contributed by atoms with Gasteiger partial charge in [-0.25, -0.2) is 4.79 Å². The Bertz CT molecular complexity index is 246. The number of ketones is 1. The molecule has 0 atom stereocenters. The molecule has 15 heavy (non-hydrogen) atoms. The molecular weight excluding hydrogens is 198 g/mol. The van der Waals surface area contributed by atoms with Gasteiger partial charge in [0.2, 0.25) is 0 Å². The second kappa shape index (κ2) is 5.11. The summed E-state index contributed by atoms with van der Waals surface area (Å²) in [7, 11) is 1.31. The van der Waals surface area contributed by atoms with Crippen molar-refractivity contribution in [3.8, 4) is 0 Å². The van der Waals surface area contributed by atoms with E-state index in [1.807, 2.05) is 0 Å². The van der Waals surface area contributed by atoms with Crippen molar-refractivity contribution in [1.29, 1.82) is 0 Å². The Morgan fingerprint density at radius 1 is 1.40 bits per heavy atom. The number of methoxy groups -OCH3 is 1. The van der Waals surface area contributed by atoms with Gasteiger partial charge in [0.15, 0.2) is 0 Å². The van der Waals surface area contributed by atoms with Gasteiger partial charge in [0.25, 0.3) is 0 Å². The van der Waals surface area contributed by atoms with Gasteiger partial charge < -0.3 is 14.8 Å². The first-order chi connectivity index (χ1) is 7.10. The van der Waals surface area contributed by atoms with Gasteiger partial charge in [-0.05, 0) is 19.8 Å². The molecule has 1 rings (SSSR count). The minimum absolute atomic E-state index is 0.0993. The maximum Gasteiger partial charge on any atom is 0.406 e. The lowest BCUT2D eigenvalue weighted by atomic mass is 9.77. The molecule has 86 valence electrons. The third-order valence-electron chi connectivity index (χ3n) is 2.95. The van der Waals surface area contributed by atoms with Crippen LogP contribution in [0.5, 0.6) is 0 Å². The first kappa shape index (κ1) is 12.0. The smallest absolute Gasteiger partial charge is 0.406 e. The zero-order chi connectivity index (χ0) is 11.3. The maximum absolute atomic E-state index is 11.6. The van der Waals surface area contributed by atoms with Gasteiger partial charge in [-0.3, -0.25) is 4.79 Å². The number of Topliss-reactive ketones (excluding diaryl/α,β-unsaturated/α-hetero) is 1. The molecule has 0 saturated carbocycles. The lowest BCUT2D eigenvalue weighted by Crippen LogP contribution is -2.45. The van der Waals surface area contributed by atoms with Gasteiger partial charge in [-0.2, -0.15) is 0 Å². The average molecular weight is 215 g/mol. The highest BCUT2D eigenvalue weighted by atomic mass is 16.5. The minimum Gasteiger partial charge on any atom is -0.453 e. The first-order valence-corrected chi connectivity index (χ1v) is 5.01. The third-order valence-corrected chi connectivity index (χ3v) is 2.95. The molecule has 1 aliphatic rings. The molecule has 5 heteroatoms. The highest BCUT2D eigenvalue weighted by Gasteiger charge is 2.37. The second-order valence-corrected chi connectivity index (χ2v) is 3.79. The van der Waals surface area contributed by atoms with Gasteiger partial charge in [0, 0.05) is 19.8 Å². The Hall–Kier alpha value is -1.10. The number of carbonyl (C=O) groups is 2. The normalized spacial score (nSPS) is 19.3. The van der Waals surface area contributed by atoms with Crippen LogP contribution in [-0.4, -0.2) is 38.7 Å². The lowest BCUT2D eigenvalue weighted by Gasteiger charge is -2.34. The summed E-state index contributed by atoms with van der Waals surface area (Å²) < 4.78 is 9.69. The van der Waals surface area contributed by atoms with E-state index in [4.69, 9.17) is 4.74 Å². The van der Waals surface area contributed by atoms with Crippen molar-refractivity contribution in [1.82, 2.24) is 5.32 Å². The van der Waals surface area contributed by atoms with Crippen molar-refractivity contribution in [2.24, 2.45) is 5.41 Å². The van der Waals surface area contributed by atoms with Crippen molar-refractivity contribution in [2.45, 2.75) is 19.8 Å². The average Bonchev–Trinajstić information content (AvgIpc) is 2.27. The topological polar surface area (TPSA) is 64.6 Å². The number of ether oxygens (including phenoxy) is 2. The summed E-state index contributed by atoms with van der Waals surface area (Å²) in [5.74, 6) is 0.0993. The fourth-order valence-corrected chi connectivity index (χ4v) is 1.73. The second-order valence-electron chi connectivity index (χ2n) is 3.79. The van der Waals surface area contributed by atoms with Crippen LogP contribution in [0.1, 0.15) is 19.8 Å². The van der Waals surface area contributed by atoms with Crippen molar-refractivity contribution >= 4 is 11.9 Å². The van der Waals surface area contributed by atoms with Crippen molar-refractivity contribution < 1.29 is 19.1 Å². The van der Waals surface area contributed by atoms with E-state index in [1.165, 1.54) is 7.11 Å². The third kappa shape index (κ3) is 2.92. The van der Waals surface area contributed by atoms with Crippen molar-refractivity contribution in [2.75, 3.05) is 26.9 Å². The SMILES string of the molecule is COC(=O)NCC1(C(C)=O)CCOCC1. The number of hydrogen-bond donors (Lipinski definition) is 1. The van der Waals surface area contributed by atoms with Crippen LogP contribution in [0, 0.1) is 5.41 Å². The van der Waals surface area contributed by atoms with Gasteiger partial charge >= 0.3 is 6.09 Å². The summed E-state index contributed by atoms with van der Waals surface area (Å²) in [5.41, 5.74) is -0.466. The molecule has 5 nitrogen and oxygen atoms in total. The van der Waals surface area contributed by atoms with Crippen LogP contribution in [0.15, 0.2) is 0 Å². The Morgan fingerprint density at radius 2 is 2.00 bits per heavy atom. The van der Waals surface area contributed by atoms with Crippen molar-refractivity contribution in [3.63, 3.8) is 0 Å². The zero-order valence-corrected chi connectivity index (χ0v) is 9.17. The first-order valence-electron chi connectivity index (χ1n) is 5.01. The Kier molecular flexibility index (Phi) is 4.08. The van der Waals surface area contributed by atoms with Crippen LogP contribution < -0.4 is 5.32 Å². The molecule has 1 aliphatic heterocycles. The summed E-state index contributed by atoms with van der Waals surface area (Å²) in [4.78, 5) is 22.5. The predicted molar refractivity (Wildman–Crippen MR) is 53.6 cm³/mol. The van der Waals surface area contributed by atoms with E-state index >= 15 is 0 Å². The highest BCUT2D eigenvalue weighted by Crippen LogP contribution is 2.30. The largest absolute Gasteiger partial charge is 0.453 e. The van der Waals surface area contributed by atoms with E-state index < -0.39 is 11.5 Å². The number of rotatable bonds is 3. The molecule has 0 spiro atoms. The monoisotopic (exact) mass is 215 g/mol. The molecule has 1 amide bonds. The molecule has 0 aromatic heterocycles. The summed E-state index contributed by atoms with van der Waals surface area (Å²) in [6.45, 7) is 3.04. The van der Waals surface area contributed by atoms with Crippen molar-refractivity contribution in [3.05, 3.63) is 0 Å². The van der Waals surface area contributed by atoms with E-state index in [0.717, 1.165) is 0 Å². The Labute approximate surface area is 89.1 Å². The van der Waals surface area contributed by atoms with Gasteiger partial charge in [0.1, 0.15) is 5.78 Å². The van der Waals surface area contributed by atoms with E-state index in [-0.39, 0.29) is 5.78 Å². The highest BCUT2D eigenvalue weighted by molar-refractivity contribution is 5.83. The van der Waals surface area contributed by atoms with E-state index in [9.17, 15) is 9.59 Å². The number of carbonyl (C=O) groups excluding carboxylic acids is 2. The summed E-state index contributed by atoms with van der Waals surface area (Å²) in [5, 5.41) is 2.59. The molecule has 0 unspecified atom stereocenters. The fraction of sp³-hybridized carbons (Fsp3) is 0.800. The maximum atomic E-state index is 11.6. The molecule has 0 bridgehead atoms. The van der Waals surface area contributed by atoms with Crippen LogP contribution >= 0.6 is 0 Å². The van der Waals surface area contributed by atoms with Gasteiger partial charge in [0.05, 0.1) is 12.5 Å². The van der Waals surface area contributed by atoms with E-state index in [0.29, 0.717) is 32.6 Å². The number of alkyl carbamates (subject to hydrolysis) is 1. The van der Waals surface area contributed by atoms with Gasteiger partial charge in [-0.15, -0.1) is 0 Å². The number of hydrogen-bond acceptors (Lipinski definition) is 4. The summed E-state index contributed by atoms with van der Waals surface area (Å²) >= 11 is 0. The molecule has 1 heterocycles. The van der Waals surface area contributed by atoms with Crippen LogP contribution in [0.2, 0.25) is 0 Å². The lowest BCUT2D eigenvalue weighted by molar-refractivity contribution is -0.131. The molecule has 1 fully saturated rings. The van der Waals surface area contributed by atoms with E-state index in [1.54, 1.807) is 6.92 Å². The molecule has 1 N–H and O–H groups in total.